The minimum absolute atomic E-state index is 0.193. The second-order valence-corrected chi connectivity index (χ2v) is 5.98. The Bertz CT molecular complexity index is 299. The van der Waals surface area contributed by atoms with Crippen molar-refractivity contribution in [1.29, 1.82) is 0 Å². The molecule has 0 amide bonds. The highest BCUT2D eigenvalue weighted by Crippen LogP contribution is 2.36. The first-order chi connectivity index (χ1) is 5.90. The highest BCUT2D eigenvalue weighted by atomic mass is 32.2. The van der Waals surface area contributed by atoms with Gasteiger partial charge in [-0.1, -0.05) is 26.8 Å². The molecule has 0 aliphatic carbocycles. The van der Waals surface area contributed by atoms with Crippen LogP contribution in [0.3, 0.4) is 0 Å². The van der Waals surface area contributed by atoms with E-state index in [0.29, 0.717) is 5.75 Å². The molecule has 0 aliphatic heterocycles. The maximum atomic E-state index is 9.48. The van der Waals surface area contributed by atoms with Crippen LogP contribution in [0.5, 0.6) is 5.75 Å². The Morgan fingerprint density at radius 1 is 1.23 bits per heavy atom. The van der Waals surface area contributed by atoms with Crippen LogP contribution in [-0.2, 0) is 0 Å². The average Bonchev–Trinajstić information content (AvgIpc) is 1.96. The van der Waals surface area contributed by atoms with Gasteiger partial charge in [-0.3, -0.25) is 0 Å². The summed E-state index contributed by atoms with van der Waals surface area (Å²) in [6.45, 7) is 8.45. The average molecular weight is 196 g/mol. The van der Waals surface area contributed by atoms with Crippen LogP contribution in [-0.4, -0.2) is 9.85 Å². The second kappa shape index (κ2) is 3.62. The quantitative estimate of drug-likeness (QED) is 0.693. The third-order valence-electron chi connectivity index (χ3n) is 1.67. The highest BCUT2D eigenvalue weighted by Gasteiger charge is 2.14. The SMILES string of the molecule is Cc1c(O)cccc1SC(C)(C)C. The Kier molecular flexibility index (Phi) is 2.91. The van der Waals surface area contributed by atoms with Crippen LogP contribution in [0.25, 0.3) is 0 Å². The fraction of sp³-hybridized carbons (Fsp3) is 0.455. The molecule has 0 unspecified atom stereocenters. The molecule has 0 heterocycles. The van der Waals surface area contributed by atoms with Crippen molar-refractivity contribution in [2.75, 3.05) is 0 Å². The van der Waals surface area contributed by atoms with Gasteiger partial charge in [0.1, 0.15) is 5.75 Å². The van der Waals surface area contributed by atoms with Gasteiger partial charge in [-0.2, -0.15) is 0 Å². The van der Waals surface area contributed by atoms with E-state index in [0.717, 1.165) is 10.5 Å². The van der Waals surface area contributed by atoms with E-state index < -0.39 is 0 Å². The smallest absolute Gasteiger partial charge is 0.119 e. The van der Waals surface area contributed by atoms with Gasteiger partial charge >= 0.3 is 0 Å². The second-order valence-electron chi connectivity index (χ2n) is 4.11. The molecule has 0 aromatic heterocycles. The molecular formula is C11H16OS. The zero-order chi connectivity index (χ0) is 10.1. The fourth-order valence-electron chi connectivity index (χ4n) is 1.04. The first kappa shape index (κ1) is 10.5. The van der Waals surface area contributed by atoms with Gasteiger partial charge in [0.05, 0.1) is 0 Å². The lowest BCUT2D eigenvalue weighted by molar-refractivity contribution is 0.469. The van der Waals surface area contributed by atoms with Gasteiger partial charge in [0, 0.05) is 15.2 Å². The fourth-order valence-corrected chi connectivity index (χ4v) is 2.11. The van der Waals surface area contributed by atoms with Crippen LogP contribution in [0.2, 0.25) is 0 Å². The maximum Gasteiger partial charge on any atom is 0.119 e. The molecule has 1 aromatic carbocycles. The third-order valence-corrected chi connectivity index (χ3v) is 2.95. The minimum Gasteiger partial charge on any atom is -0.508 e. The number of hydrogen-bond acceptors (Lipinski definition) is 2. The van der Waals surface area contributed by atoms with Crippen molar-refractivity contribution in [2.24, 2.45) is 0 Å². The van der Waals surface area contributed by atoms with Crippen molar-refractivity contribution >= 4 is 11.8 Å². The van der Waals surface area contributed by atoms with Gasteiger partial charge < -0.3 is 5.11 Å². The van der Waals surface area contributed by atoms with Crippen LogP contribution in [0.15, 0.2) is 23.1 Å². The van der Waals surface area contributed by atoms with Crippen molar-refractivity contribution < 1.29 is 5.11 Å². The van der Waals surface area contributed by atoms with Crippen molar-refractivity contribution in [3.8, 4) is 5.75 Å². The minimum atomic E-state index is 0.193. The number of aromatic hydroxyl groups is 1. The Balaban J connectivity index is 2.96. The predicted octanol–water partition coefficient (Wildman–Crippen LogP) is 3.59. The lowest BCUT2D eigenvalue weighted by Gasteiger charge is -2.19. The Labute approximate surface area is 84.2 Å². The Morgan fingerprint density at radius 2 is 1.85 bits per heavy atom. The molecule has 72 valence electrons. The van der Waals surface area contributed by atoms with E-state index in [1.165, 1.54) is 0 Å². The number of benzene rings is 1. The molecule has 0 spiro atoms. The number of phenolic OH excluding ortho intramolecular Hbond substituents is 1. The highest BCUT2D eigenvalue weighted by molar-refractivity contribution is 8.00. The number of thioether (sulfide) groups is 1. The molecule has 1 aromatic rings. The van der Waals surface area contributed by atoms with E-state index in [4.69, 9.17) is 0 Å². The first-order valence-corrected chi connectivity index (χ1v) is 5.19. The van der Waals surface area contributed by atoms with E-state index in [-0.39, 0.29) is 4.75 Å². The van der Waals surface area contributed by atoms with E-state index in [1.54, 1.807) is 17.8 Å². The molecule has 0 bridgehead atoms. The van der Waals surface area contributed by atoms with Crippen LogP contribution in [0.1, 0.15) is 26.3 Å². The molecule has 2 heteroatoms. The van der Waals surface area contributed by atoms with Crippen LogP contribution in [0, 0.1) is 6.92 Å². The van der Waals surface area contributed by atoms with E-state index in [2.05, 4.69) is 20.8 Å². The normalized spacial score (nSPS) is 11.7. The lowest BCUT2D eigenvalue weighted by Crippen LogP contribution is -2.06. The topological polar surface area (TPSA) is 20.2 Å². The Morgan fingerprint density at radius 3 is 2.38 bits per heavy atom. The van der Waals surface area contributed by atoms with Gasteiger partial charge in [-0.15, -0.1) is 11.8 Å². The van der Waals surface area contributed by atoms with E-state index in [9.17, 15) is 5.11 Å². The van der Waals surface area contributed by atoms with Crippen molar-refractivity contribution in [3.05, 3.63) is 23.8 Å². The van der Waals surface area contributed by atoms with Gasteiger partial charge in [0.2, 0.25) is 0 Å². The zero-order valence-electron chi connectivity index (χ0n) is 8.59. The number of hydrogen-bond donors (Lipinski definition) is 1. The predicted molar refractivity (Wildman–Crippen MR) is 58.5 cm³/mol. The molecule has 1 nitrogen and oxygen atoms in total. The van der Waals surface area contributed by atoms with Crippen LogP contribution < -0.4 is 0 Å². The molecule has 0 atom stereocenters. The monoisotopic (exact) mass is 196 g/mol. The molecule has 0 aliphatic rings. The van der Waals surface area contributed by atoms with Crippen LogP contribution >= 0.6 is 11.8 Å². The molecular weight excluding hydrogens is 180 g/mol. The summed E-state index contributed by atoms with van der Waals surface area (Å²) in [7, 11) is 0. The molecule has 13 heavy (non-hydrogen) atoms. The van der Waals surface area contributed by atoms with Gasteiger partial charge in [-0.05, 0) is 19.1 Å². The molecule has 0 fully saturated rings. The van der Waals surface area contributed by atoms with E-state index >= 15 is 0 Å². The Hall–Kier alpha value is -0.630. The first-order valence-electron chi connectivity index (χ1n) is 4.38. The van der Waals surface area contributed by atoms with Gasteiger partial charge in [-0.25, -0.2) is 0 Å². The zero-order valence-corrected chi connectivity index (χ0v) is 9.40. The summed E-state index contributed by atoms with van der Waals surface area (Å²) in [6.07, 6.45) is 0. The molecule has 0 saturated heterocycles. The third kappa shape index (κ3) is 2.96. The summed E-state index contributed by atoms with van der Waals surface area (Å²) in [6, 6.07) is 5.66. The summed E-state index contributed by atoms with van der Waals surface area (Å²) >= 11 is 1.78. The van der Waals surface area contributed by atoms with Crippen molar-refractivity contribution in [1.82, 2.24) is 0 Å². The largest absolute Gasteiger partial charge is 0.508 e. The summed E-state index contributed by atoms with van der Waals surface area (Å²) < 4.78 is 0.193. The molecule has 1 rings (SSSR count). The van der Waals surface area contributed by atoms with Crippen molar-refractivity contribution in [2.45, 2.75) is 37.3 Å². The maximum absolute atomic E-state index is 9.48. The molecule has 0 saturated carbocycles. The summed E-state index contributed by atoms with van der Waals surface area (Å²) in [4.78, 5) is 1.16. The van der Waals surface area contributed by atoms with Crippen LogP contribution in [0.4, 0.5) is 0 Å². The summed E-state index contributed by atoms with van der Waals surface area (Å²) in [5.41, 5.74) is 0.974. The van der Waals surface area contributed by atoms with Gasteiger partial charge in [0.25, 0.3) is 0 Å². The number of phenols is 1. The van der Waals surface area contributed by atoms with Gasteiger partial charge in [0.15, 0.2) is 0 Å². The summed E-state index contributed by atoms with van der Waals surface area (Å²) in [5.74, 6) is 0.384. The number of rotatable bonds is 1. The molecule has 1 N–H and O–H groups in total. The molecule has 0 radical (unpaired) electrons. The summed E-state index contributed by atoms with van der Waals surface area (Å²) in [5, 5.41) is 9.48. The lowest BCUT2D eigenvalue weighted by atomic mass is 10.2. The standard InChI is InChI=1S/C11H16OS/c1-8-9(12)6-5-7-10(8)13-11(2,3)4/h5-7,12H,1-4H3. The van der Waals surface area contributed by atoms with E-state index in [1.807, 2.05) is 19.1 Å². The van der Waals surface area contributed by atoms with Crippen molar-refractivity contribution in [3.63, 3.8) is 0 Å².